The highest BCUT2D eigenvalue weighted by Gasteiger charge is 2.22. The van der Waals surface area contributed by atoms with Crippen molar-refractivity contribution in [2.24, 2.45) is 0 Å². The van der Waals surface area contributed by atoms with Gasteiger partial charge in [0.05, 0.1) is 0 Å². The van der Waals surface area contributed by atoms with E-state index < -0.39 is 0 Å². The molecule has 0 radical (unpaired) electrons. The number of rotatable bonds is 7. The number of nitrogens with one attached hydrogen (secondary N) is 1. The molecule has 1 aliphatic rings. The van der Waals surface area contributed by atoms with Crippen molar-refractivity contribution >= 4 is 17.5 Å². The van der Waals surface area contributed by atoms with Crippen LogP contribution in [0.4, 0.5) is 5.69 Å². The number of nitrogens with zero attached hydrogens (tertiary/aromatic N) is 2. The van der Waals surface area contributed by atoms with E-state index in [1.165, 1.54) is 0 Å². The Morgan fingerprint density at radius 1 is 1.25 bits per heavy atom. The summed E-state index contributed by atoms with van der Waals surface area (Å²) in [7, 11) is 0. The lowest BCUT2D eigenvalue weighted by Crippen LogP contribution is -2.42. The summed E-state index contributed by atoms with van der Waals surface area (Å²) in [6, 6.07) is 8.09. The van der Waals surface area contributed by atoms with Crippen molar-refractivity contribution in [3.05, 3.63) is 29.8 Å². The zero-order valence-corrected chi connectivity index (χ0v) is 15.2. The molecule has 2 rings (SSSR count). The average molecular weight is 331 g/mol. The van der Waals surface area contributed by atoms with Crippen molar-refractivity contribution in [3.63, 3.8) is 0 Å². The molecule has 24 heavy (non-hydrogen) atoms. The SMILES string of the molecule is CCN(c1ccc(C(=O)N[C@H](C)CN2CCCC2=O)cc1)C(C)C. The molecule has 0 aliphatic carbocycles. The topological polar surface area (TPSA) is 52.7 Å². The molecule has 132 valence electrons. The molecular formula is C19H29N3O2. The van der Waals surface area contributed by atoms with Gasteiger partial charge in [-0.25, -0.2) is 0 Å². The van der Waals surface area contributed by atoms with Crippen LogP contribution in [0.1, 0.15) is 50.9 Å². The standard InChI is InChI=1S/C19H29N3O2/c1-5-22(14(2)3)17-10-8-16(9-11-17)19(24)20-15(4)13-21-12-6-7-18(21)23/h8-11,14-15H,5-7,12-13H2,1-4H3,(H,20,24)/t15-/m1/s1. The van der Waals surface area contributed by atoms with Gasteiger partial charge < -0.3 is 15.1 Å². The van der Waals surface area contributed by atoms with Crippen LogP contribution in [-0.2, 0) is 4.79 Å². The van der Waals surface area contributed by atoms with Crippen molar-refractivity contribution in [2.45, 2.75) is 52.6 Å². The van der Waals surface area contributed by atoms with Crippen molar-refractivity contribution in [1.29, 1.82) is 0 Å². The first-order chi connectivity index (χ1) is 11.4. The third kappa shape index (κ3) is 4.49. The molecular weight excluding hydrogens is 302 g/mol. The molecule has 1 saturated heterocycles. The van der Waals surface area contributed by atoms with Gasteiger partial charge in [-0.1, -0.05) is 0 Å². The second kappa shape index (κ2) is 8.18. The Kier molecular flexibility index (Phi) is 6.23. The molecule has 5 nitrogen and oxygen atoms in total. The Balaban J connectivity index is 1.93. The zero-order chi connectivity index (χ0) is 17.7. The van der Waals surface area contributed by atoms with Crippen molar-refractivity contribution in [3.8, 4) is 0 Å². The quantitative estimate of drug-likeness (QED) is 0.836. The predicted octanol–water partition coefficient (Wildman–Crippen LogP) is 2.66. The van der Waals surface area contributed by atoms with Gasteiger partial charge in [0.25, 0.3) is 5.91 Å². The van der Waals surface area contributed by atoms with Crippen LogP contribution in [0, 0.1) is 0 Å². The first-order valence-electron chi connectivity index (χ1n) is 8.87. The van der Waals surface area contributed by atoms with Gasteiger partial charge in [0.2, 0.25) is 5.91 Å². The lowest BCUT2D eigenvalue weighted by Gasteiger charge is -2.27. The van der Waals surface area contributed by atoms with Gasteiger partial charge in [-0.2, -0.15) is 0 Å². The minimum atomic E-state index is -0.0895. The maximum absolute atomic E-state index is 12.4. The van der Waals surface area contributed by atoms with Gasteiger partial charge >= 0.3 is 0 Å². The van der Waals surface area contributed by atoms with E-state index in [9.17, 15) is 9.59 Å². The van der Waals surface area contributed by atoms with Crippen LogP contribution < -0.4 is 10.2 Å². The lowest BCUT2D eigenvalue weighted by atomic mass is 10.1. The fourth-order valence-electron chi connectivity index (χ4n) is 3.23. The fourth-order valence-corrected chi connectivity index (χ4v) is 3.23. The van der Waals surface area contributed by atoms with Crippen LogP contribution in [0.2, 0.25) is 0 Å². The second-order valence-corrected chi connectivity index (χ2v) is 6.74. The highest BCUT2D eigenvalue weighted by molar-refractivity contribution is 5.94. The summed E-state index contributed by atoms with van der Waals surface area (Å²) in [6.45, 7) is 10.7. The minimum absolute atomic E-state index is 0.0537. The summed E-state index contributed by atoms with van der Waals surface area (Å²) < 4.78 is 0. The van der Waals surface area contributed by atoms with Crippen molar-refractivity contribution in [2.75, 3.05) is 24.5 Å². The number of hydrogen-bond donors (Lipinski definition) is 1. The first-order valence-corrected chi connectivity index (χ1v) is 8.87. The van der Waals surface area contributed by atoms with Gasteiger partial charge in [0.1, 0.15) is 0 Å². The molecule has 5 heteroatoms. The highest BCUT2D eigenvalue weighted by Crippen LogP contribution is 2.18. The van der Waals surface area contributed by atoms with Crippen LogP contribution >= 0.6 is 0 Å². The molecule has 1 aromatic rings. The Labute approximate surface area is 145 Å². The normalized spacial score (nSPS) is 15.7. The molecule has 2 amide bonds. The van der Waals surface area contributed by atoms with Gasteiger partial charge in [0.15, 0.2) is 0 Å². The number of amides is 2. The van der Waals surface area contributed by atoms with Gasteiger partial charge in [0, 0.05) is 49.4 Å². The van der Waals surface area contributed by atoms with E-state index in [0.717, 1.165) is 25.2 Å². The molecule has 1 aliphatic heterocycles. The Bertz CT molecular complexity index is 568. The highest BCUT2D eigenvalue weighted by atomic mass is 16.2. The summed E-state index contributed by atoms with van der Waals surface area (Å²) >= 11 is 0. The summed E-state index contributed by atoms with van der Waals surface area (Å²) in [6.07, 6.45) is 1.55. The minimum Gasteiger partial charge on any atom is -0.369 e. The van der Waals surface area contributed by atoms with E-state index >= 15 is 0 Å². The van der Waals surface area contributed by atoms with Crippen LogP contribution in [0.25, 0.3) is 0 Å². The van der Waals surface area contributed by atoms with E-state index in [2.05, 4.69) is 31.0 Å². The summed E-state index contributed by atoms with van der Waals surface area (Å²) in [5, 5.41) is 2.98. The third-order valence-electron chi connectivity index (χ3n) is 4.47. The molecule has 0 saturated carbocycles. The van der Waals surface area contributed by atoms with E-state index in [-0.39, 0.29) is 17.9 Å². The third-order valence-corrected chi connectivity index (χ3v) is 4.47. The van der Waals surface area contributed by atoms with E-state index in [1.54, 1.807) is 0 Å². The Morgan fingerprint density at radius 3 is 2.42 bits per heavy atom. The molecule has 0 bridgehead atoms. The molecule has 1 atom stereocenters. The zero-order valence-electron chi connectivity index (χ0n) is 15.2. The average Bonchev–Trinajstić information content (AvgIpc) is 2.93. The van der Waals surface area contributed by atoms with Gasteiger partial charge in [-0.3, -0.25) is 9.59 Å². The second-order valence-electron chi connectivity index (χ2n) is 6.74. The van der Waals surface area contributed by atoms with Gasteiger partial charge in [-0.05, 0) is 58.4 Å². The number of benzene rings is 1. The predicted molar refractivity (Wildman–Crippen MR) is 97.3 cm³/mol. The maximum Gasteiger partial charge on any atom is 0.251 e. The molecule has 1 fully saturated rings. The lowest BCUT2D eigenvalue weighted by molar-refractivity contribution is -0.127. The largest absolute Gasteiger partial charge is 0.369 e. The molecule has 1 heterocycles. The smallest absolute Gasteiger partial charge is 0.251 e. The van der Waals surface area contributed by atoms with E-state index in [1.807, 2.05) is 36.1 Å². The Hall–Kier alpha value is -2.04. The van der Waals surface area contributed by atoms with E-state index in [4.69, 9.17) is 0 Å². The van der Waals surface area contributed by atoms with Crippen LogP contribution in [-0.4, -0.2) is 48.4 Å². The van der Waals surface area contributed by atoms with Crippen LogP contribution in [0.15, 0.2) is 24.3 Å². The number of carbonyl (C=O) groups excluding carboxylic acids is 2. The Morgan fingerprint density at radius 2 is 1.92 bits per heavy atom. The molecule has 0 aromatic heterocycles. The number of anilines is 1. The molecule has 0 spiro atoms. The monoisotopic (exact) mass is 331 g/mol. The number of likely N-dealkylation sites (tertiary alicyclic amines) is 1. The number of carbonyl (C=O) groups is 2. The maximum atomic E-state index is 12.4. The van der Waals surface area contributed by atoms with Crippen LogP contribution in [0.3, 0.4) is 0 Å². The number of hydrogen-bond acceptors (Lipinski definition) is 3. The fraction of sp³-hybridized carbons (Fsp3) is 0.579. The van der Waals surface area contributed by atoms with Crippen molar-refractivity contribution < 1.29 is 9.59 Å². The van der Waals surface area contributed by atoms with Crippen molar-refractivity contribution in [1.82, 2.24) is 10.2 Å². The van der Waals surface area contributed by atoms with Crippen LogP contribution in [0.5, 0.6) is 0 Å². The summed E-state index contributed by atoms with van der Waals surface area (Å²) in [5.74, 6) is 0.0992. The summed E-state index contributed by atoms with van der Waals surface area (Å²) in [5.41, 5.74) is 1.78. The van der Waals surface area contributed by atoms with E-state index in [0.29, 0.717) is 24.6 Å². The molecule has 0 unspecified atom stereocenters. The molecule has 1 aromatic carbocycles. The summed E-state index contributed by atoms with van der Waals surface area (Å²) in [4.78, 5) is 28.1. The van der Waals surface area contributed by atoms with Gasteiger partial charge in [-0.15, -0.1) is 0 Å². The first kappa shape index (κ1) is 18.3. The molecule has 1 N–H and O–H groups in total.